The Hall–Kier alpha value is -0.530. The Kier molecular flexibility index (Phi) is 4.87. The van der Waals surface area contributed by atoms with Gasteiger partial charge in [-0.1, -0.05) is 0 Å². The molecule has 17 heavy (non-hydrogen) atoms. The molecule has 0 aliphatic heterocycles. The molecule has 0 heterocycles. The van der Waals surface area contributed by atoms with Crippen LogP contribution in [0, 0.1) is 63.2 Å². The van der Waals surface area contributed by atoms with E-state index in [9.17, 15) is 4.79 Å². The minimum absolute atomic E-state index is 0.127. The third-order valence-corrected chi connectivity index (χ3v) is 2.80. The number of hydrogen-bond donors (Lipinski definition) is 0. The van der Waals surface area contributed by atoms with Crippen molar-refractivity contribution < 1.29 is 9.53 Å². The van der Waals surface area contributed by atoms with Gasteiger partial charge in [-0.05, 0) is 70.1 Å². The second-order valence-electron chi connectivity index (χ2n) is 4.15. The lowest BCUT2D eigenvalue weighted by molar-refractivity contribution is -0.145. The molecular weight excluding hydrogens is 212 g/mol. The van der Waals surface area contributed by atoms with Gasteiger partial charge in [0.05, 0.1) is 0 Å². The zero-order valence-electron chi connectivity index (χ0n) is 9.93. The number of rotatable bonds is 5. The average molecular weight is 228 g/mol. The zero-order chi connectivity index (χ0) is 12.1. The Morgan fingerprint density at radius 2 is 1.71 bits per heavy atom. The summed E-state index contributed by atoms with van der Waals surface area (Å²) >= 11 is 0. The molecule has 0 bridgehead atoms. The Morgan fingerprint density at radius 3 is 2.29 bits per heavy atom. The summed E-state index contributed by atoms with van der Waals surface area (Å²) in [6, 6.07) is 0. The molecule has 2 aliphatic rings. The molecule has 0 unspecified atom stereocenters. The predicted molar refractivity (Wildman–Crippen MR) is 65.7 cm³/mol. The second-order valence-corrected chi connectivity index (χ2v) is 4.15. The lowest BCUT2D eigenvalue weighted by atomic mass is 9.92. The van der Waals surface area contributed by atoms with Crippen LogP contribution in [-0.4, -0.2) is 12.1 Å². The molecule has 88 valence electrons. The van der Waals surface area contributed by atoms with Gasteiger partial charge in [0, 0.05) is 12.8 Å². The minimum atomic E-state index is -0.223. The molecule has 2 fully saturated rings. The Labute approximate surface area is 105 Å². The number of carbonyl (C=O) groups is 1. The zero-order valence-corrected chi connectivity index (χ0v) is 9.93. The van der Waals surface area contributed by atoms with E-state index in [0.717, 1.165) is 18.8 Å². The van der Waals surface area contributed by atoms with E-state index in [1.807, 2.05) is 38.5 Å². The maximum absolute atomic E-state index is 11.1. The monoisotopic (exact) mass is 228 g/mol. The summed E-state index contributed by atoms with van der Waals surface area (Å²) in [6.07, 6.45) is 17.8. The highest BCUT2D eigenvalue weighted by molar-refractivity contribution is 5.66. The van der Waals surface area contributed by atoms with E-state index in [2.05, 4.69) is 12.8 Å². The fourth-order valence-electron chi connectivity index (χ4n) is 1.98. The summed E-state index contributed by atoms with van der Waals surface area (Å²) in [5.41, 5.74) is 0. The van der Waals surface area contributed by atoms with Crippen LogP contribution in [0.15, 0.2) is 0 Å². The van der Waals surface area contributed by atoms with Gasteiger partial charge in [-0.3, -0.25) is 4.79 Å². The molecule has 0 aromatic carbocycles. The summed E-state index contributed by atoms with van der Waals surface area (Å²) in [6.45, 7) is 1.46. The molecule has 0 amide bonds. The van der Waals surface area contributed by atoms with Crippen molar-refractivity contribution in [2.24, 2.45) is 0 Å². The van der Waals surface area contributed by atoms with E-state index < -0.39 is 0 Å². The number of ether oxygens (including phenoxy) is 1. The highest BCUT2D eigenvalue weighted by Crippen LogP contribution is 2.34. The fourth-order valence-corrected chi connectivity index (χ4v) is 1.98. The Morgan fingerprint density at radius 1 is 1.12 bits per heavy atom. The molecule has 0 aromatic heterocycles. The lowest BCUT2D eigenvalue weighted by Crippen LogP contribution is -2.24. The van der Waals surface area contributed by atoms with Gasteiger partial charge in [0.25, 0.3) is 0 Å². The first-order valence-electron chi connectivity index (χ1n) is 5.85. The highest BCUT2D eigenvalue weighted by Gasteiger charge is 2.29. The van der Waals surface area contributed by atoms with Crippen molar-refractivity contribution in [2.45, 2.75) is 25.9 Å². The first-order chi connectivity index (χ1) is 8.25. The second kappa shape index (κ2) is 6.42. The fraction of sp³-hybridized carbons (Fsp3) is 0.267. The van der Waals surface area contributed by atoms with E-state index in [0.29, 0.717) is 0 Å². The van der Waals surface area contributed by atoms with Crippen molar-refractivity contribution in [3.05, 3.63) is 63.2 Å². The maximum Gasteiger partial charge on any atom is 0.302 e. The molecule has 0 aromatic rings. The molecule has 0 N–H and O–H groups in total. The first-order valence-corrected chi connectivity index (χ1v) is 5.85. The Bertz CT molecular complexity index is 237. The van der Waals surface area contributed by atoms with Gasteiger partial charge in [-0.25, -0.2) is 0 Å². The minimum Gasteiger partial charge on any atom is -0.462 e. The Balaban J connectivity index is 1.78. The summed E-state index contributed by atoms with van der Waals surface area (Å²) in [5.74, 6) is 2.14. The van der Waals surface area contributed by atoms with Crippen LogP contribution in [0.5, 0.6) is 0 Å². The van der Waals surface area contributed by atoms with E-state index in [1.54, 1.807) is 0 Å². The van der Waals surface area contributed by atoms with E-state index >= 15 is 0 Å². The summed E-state index contributed by atoms with van der Waals surface area (Å²) in [4.78, 5) is 11.1. The smallest absolute Gasteiger partial charge is 0.302 e. The molecule has 10 radical (unpaired) electrons. The first kappa shape index (κ1) is 12.9. The SMILES string of the molecule is CC(=O)O[C@H](CC[C]1[CH][CH][CH][CH]1)[C]1[CH][CH][CH][CH]1. The van der Waals surface area contributed by atoms with E-state index in [1.165, 1.54) is 12.8 Å². The average Bonchev–Trinajstić information content (AvgIpc) is 2.96. The van der Waals surface area contributed by atoms with Crippen LogP contribution < -0.4 is 0 Å². The highest BCUT2D eigenvalue weighted by atomic mass is 16.5. The van der Waals surface area contributed by atoms with Crippen LogP contribution in [0.1, 0.15) is 19.8 Å². The van der Waals surface area contributed by atoms with Gasteiger partial charge in [-0.2, -0.15) is 0 Å². The molecule has 2 heteroatoms. The quantitative estimate of drug-likeness (QED) is 0.676. The largest absolute Gasteiger partial charge is 0.462 e. The summed E-state index contributed by atoms with van der Waals surface area (Å²) in [7, 11) is 0. The van der Waals surface area contributed by atoms with Gasteiger partial charge in [0.2, 0.25) is 0 Å². The van der Waals surface area contributed by atoms with Crippen LogP contribution in [0.3, 0.4) is 0 Å². The molecule has 0 spiro atoms. The van der Waals surface area contributed by atoms with Gasteiger partial charge >= 0.3 is 5.97 Å². The molecule has 2 rings (SSSR count). The van der Waals surface area contributed by atoms with Crippen molar-refractivity contribution >= 4 is 5.97 Å². The molecule has 2 aliphatic carbocycles. The van der Waals surface area contributed by atoms with Crippen LogP contribution in [-0.2, 0) is 9.53 Å². The van der Waals surface area contributed by atoms with Gasteiger partial charge in [-0.15, -0.1) is 0 Å². The maximum atomic E-state index is 11.1. The molecule has 1 atom stereocenters. The third kappa shape index (κ3) is 4.01. The van der Waals surface area contributed by atoms with Crippen molar-refractivity contribution in [2.75, 3.05) is 0 Å². The van der Waals surface area contributed by atoms with Crippen LogP contribution in [0.25, 0.3) is 0 Å². The lowest BCUT2D eigenvalue weighted by Gasteiger charge is -2.23. The van der Waals surface area contributed by atoms with Crippen molar-refractivity contribution in [1.82, 2.24) is 0 Å². The summed E-state index contributed by atoms with van der Waals surface area (Å²) in [5, 5.41) is 0. The van der Waals surface area contributed by atoms with E-state index in [-0.39, 0.29) is 12.1 Å². The van der Waals surface area contributed by atoms with Gasteiger partial charge < -0.3 is 4.74 Å². The standard InChI is InChI=1S/C15H16O2/c1-12(16)17-15(14-8-4-5-9-14)11-10-13-6-2-3-7-13/h2-9,15H,10-11H2,1H3/t15-/m1/s1. The van der Waals surface area contributed by atoms with Crippen molar-refractivity contribution in [1.29, 1.82) is 0 Å². The number of hydrogen-bond acceptors (Lipinski definition) is 2. The topological polar surface area (TPSA) is 26.3 Å². The molecule has 2 nitrogen and oxygen atoms in total. The summed E-state index contributed by atoms with van der Waals surface area (Å²) < 4.78 is 5.35. The molecule has 0 saturated heterocycles. The van der Waals surface area contributed by atoms with Crippen molar-refractivity contribution in [3.63, 3.8) is 0 Å². The van der Waals surface area contributed by atoms with Crippen molar-refractivity contribution in [3.8, 4) is 0 Å². The third-order valence-electron chi connectivity index (χ3n) is 2.80. The predicted octanol–water partition coefficient (Wildman–Crippen LogP) is 2.51. The van der Waals surface area contributed by atoms with Crippen LogP contribution in [0.4, 0.5) is 0 Å². The number of carbonyl (C=O) groups excluding carboxylic acids is 1. The molecular formula is C15H16O2. The van der Waals surface area contributed by atoms with Gasteiger partial charge in [0.15, 0.2) is 0 Å². The normalized spacial score (nSPS) is 24.1. The van der Waals surface area contributed by atoms with Crippen LogP contribution in [0.2, 0.25) is 0 Å². The van der Waals surface area contributed by atoms with E-state index in [4.69, 9.17) is 4.74 Å². The van der Waals surface area contributed by atoms with Crippen LogP contribution >= 0.6 is 0 Å². The molecule has 2 saturated carbocycles. The van der Waals surface area contributed by atoms with Gasteiger partial charge in [0.1, 0.15) is 6.10 Å². The number of esters is 1.